The Morgan fingerprint density at radius 3 is 2.63 bits per heavy atom. The Balaban J connectivity index is 2.43. The van der Waals surface area contributed by atoms with Crippen molar-refractivity contribution in [2.45, 2.75) is 39.7 Å². The SMILES string of the molecule is CCC(CC)(C(=O)NCCCn1cccn1)C(N)=S. The number of carbonyl (C=O) groups excluding carboxylic acids is 1. The van der Waals surface area contributed by atoms with E-state index >= 15 is 0 Å². The Labute approximate surface area is 119 Å². The largest absolute Gasteiger partial charge is 0.392 e. The van der Waals surface area contributed by atoms with Crippen molar-refractivity contribution in [3.63, 3.8) is 0 Å². The average Bonchev–Trinajstić information content (AvgIpc) is 2.89. The summed E-state index contributed by atoms with van der Waals surface area (Å²) in [6.45, 7) is 5.26. The van der Waals surface area contributed by atoms with Crippen LogP contribution in [0.4, 0.5) is 0 Å². The molecule has 0 saturated carbocycles. The summed E-state index contributed by atoms with van der Waals surface area (Å²) >= 11 is 5.05. The summed E-state index contributed by atoms with van der Waals surface area (Å²) in [6.07, 6.45) is 5.73. The fraction of sp³-hybridized carbons (Fsp3) is 0.615. The molecule has 0 aromatic carbocycles. The molecule has 1 amide bonds. The molecule has 0 fully saturated rings. The van der Waals surface area contributed by atoms with Gasteiger partial charge in [-0.25, -0.2) is 0 Å². The molecule has 0 aliphatic rings. The van der Waals surface area contributed by atoms with Crippen LogP contribution in [0.5, 0.6) is 0 Å². The van der Waals surface area contributed by atoms with Gasteiger partial charge < -0.3 is 11.1 Å². The average molecular weight is 282 g/mol. The first-order valence-corrected chi connectivity index (χ1v) is 7.03. The van der Waals surface area contributed by atoms with Gasteiger partial charge in [0.15, 0.2) is 0 Å². The van der Waals surface area contributed by atoms with Gasteiger partial charge in [0, 0.05) is 25.5 Å². The number of rotatable bonds is 8. The van der Waals surface area contributed by atoms with Crippen LogP contribution in [0.15, 0.2) is 18.5 Å². The Bertz CT molecular complexity index is 412. The quantitative estimate of drug-likeness (QED) is 0.559. The Morgan fingerprint density at radius 1 is 1.47 bits per heavy atom. The zero-order valence-electron chi connectivity index (χ0n) is 11.6. The fourth-order valence-corrected chi connectivity index (χ4v) is 2.46. The van der Waals surface area contributed by atoms with Crippen molar-refractivity contribution in [2.24, 2.45) is 11.1 Å². The van der Waals surface area contributed by atoms with E-state index in [4.69, 9.17) is 18.0 Å². The van der Waals surface area contributed by atoms with E-state index in [1.807, 2.05) is 30.8 Å². The zero-order valence-corrected chi connectivity index (χ0v) is 12.4. The summed E-state index contributed by atoms with van der Waals surface area (Å²) in [5.41, 5.74) is 5.02. The molecule has 0 spiro atoms. The number of carbonyl (C=O) groups is 1. The molecule has 0 atom stereocenters. The Kier molecular flexibility index (Phi) is 5.95. The van der Waals surface area contributed by atoms with E-state index < -0.39 is 5.41 Å². The summed E-state index contributed by atoms with van der Waals surface area (Å²) in [6, 6.07) is 1.88. The van der Waals surface area contributed by atoms with Crippen molar-refractivity contribution in [1.82, 2.24) is 15.1 Å². The van der Waals surface area contributed by atoms with Gasteiger partial charge in [0.25, 0.3) is 0 Å². The first kappa shape index (κ1) is 15.6. The molecule has 1 aromatic heterocycles. The zero-order chi connectivity index (χ0) is 14.3. The molecule has 1 rings (SSSR count). The molecule has 106 valence electrons. The number of aromatic nitrogens is 2. The van der Waals surface area contributed by atoms with Crippen molar-refractivity contribution < 1.29 is 4.79 Å². The van der Waals surface area contributed by atoms with Gasteiger partial charge in [-0.3, -0.25) is 9.48 Å². The van der Waals surface area contributed by atoms with Crippen LogP contribution in [0.1, 0.15) is 33.1 Å². The number of nitrogens with two attached hydrogens (primary N) is 1. The monoisotopic (exact) mass is 282 g/mol. The molecule has 0 radical (unpaired) electrons. The van der Waals surface area contributed by atoms with E-state index in [0.717, 1.165) is 13.0 Å². The van der Waals surface area contributed by atoms with Crippen LogP contribution in [0.2, 0.25) is 0 Å². The molecule has 3 N–H and O–H groups in total. The number of nitrogens with zero attached hydrogens (tertiary/aromatic N) is 2. The summed E-state index contributed by atoms with van der Waals surface area (Å²) < 4.78 is 1.84. The third kappa shape index (κ3) is 3.76. The first-order chi connectivity index (χ1) is 9.06. The fourth-order valence-electron chi connectivity index (χ4n) is 2.08. The van der Waals surface area contributed by atoms with Gasteiger partial charge in [0.05, 0.1) is 10.4 Å². The summed E-state index contributed by atoms with van der Waals surface area (Å²) in [5, 5.41) is 7.03. The van der Waals surface area contributed by atoms with Gasteiger partial charge in [-0.2, -0.15) is 5.10 Å². The second-order valence-electron chi connectivity index (χ2n) is 4.53. The highest BCUT2D eigenvalue weighted by Crippen LogP contribution is 2.27. The van der Waals surface area contributed by atoms with Crippen LogP contribution in [0, 0.1) is 5.41 Å². The van der Waals surface area contributed by atoms with Gasteiger partial charge in [-0.05, 0) is 25.3 Å². The first-order valence-electron chi connectivity index (χ1n) is 6.62. The number of nitrogens with one attached hydrogen (secondary N) is 1. The normalized spacial score (nSPS) is 11.3. The lowest BCUT2D eigenvalue weighted by Gasteiger charge is -2.28. The maximum atomic E-state index is 12.2. The molecule has 1 heterocycles. The lowest BCUT2D eigenvalue weighted by molar-refractivity contribution is -0.127. The molecule has 19 heavy (non-hydrogen) atoms. The third-order valence-corrected chi connectivity index (χ3v) is 3.91. The number of thiocarbonyl (C=S) groups is 1. The molecular weight excluding hydrogens is 260 g/mol. The van der Waals surface area contributed by atoms with Crippen LogP contribution in [0.25, 0.3) is 0 Å². The minimum atomic E-state index is -0.707. The molecule has 0 aliphatic heterocycles. The maximum Gasteiger partial charge on any atom is 0.233 e. The van der Waals surface area contributed by atoms with Crippen LogP contribution in [-0.4, -0.2) is 27.2 Å². The van der Waals surface area contributed by atoms with Crippen LogP contribution in [0.3, 0.4) is 0 Å². The minimum absolute atomic E-state index is 0.0644. The van der Waals surface area contributed by atoms with Crippen molar-refractivity contribution in [3.05, 3.63) is 18.5 Å². The summed E-state index contributed by atoms with van der Waals surface area (Å²) in [7, 11) is 0. The molecule has 6 heteroatoms. The molecule has 0 aliphatic carbocycles. The van der Waals surface area contributed by atoms with Gasteiger partial charge in [0.2, 0.25) is 5.91 Å². The number of amides is 1. The number of aryl methyl sites for hydroxylation is 1. The Hall–Kier alpha value is -1.43. The smallest absolute Gasteiger partial charge is 0.233 e. The molecule has 5 nitrogen and oxygen atoms in total. The van der Waals surface area contributed by atoms with Crippen molar-refractivity contribution >= 4 is 23.1 Å². The van der Waals surface area contributed by atoms with E-state index in [-0.39, 0.29) is 10.9 Å². The van der Waals surface area contributed by atoms with E-state index in [1.54, 1.807) is 6.20 Å². The van der Waals surface area contributed by atoms with Crippen molar-refractivity contribution in [1.29, 1.82) is 0 Å². The molecule has 0 saturated heterocycles. The van der Waals surface area contributed by atoms with Crippen molar-refractivity contribution in [2.75, 3.05) is 6.54 Å². The highest BCUT2D eigenvalue weighted by molar-refractivity contribution is 7.80. The van der Waals surface area contributed by atoms with Gasteiger partial charge in [-0.15, -0.1) is 0 Å². The highest BCUT2D eigenvalue weighted by atomic mass is 32.1. The van der Waals surface area contributed by atoms with E-state index in [9.17, 15) is 4.79 Å². The summed E-state index contributed by atoms with van der Waals surface area (Å²) in [5.74, 6) is -0.0644. The molecule has 0 bridgehead atoms. The van der Waals surface area contributed by atoms with E-state index in [2.05, 4.69) is 10.4 Å². The highest BCUT2D eigenvalue weighted by Gasteiger charge is 2.37. The number of hydrogen-bond acceptors (Lipinski definition) is 3. The van der Waals surface area contributed by atoms with Gasteiger partial charge in [-0.1, -0.05) is 26.1 Å². The lowest BCUT2D eigenvalue weighted by atomic mass is 9.81. The van der Waals surface area contributed by atoms with Crippen LogP contribution < -0.4 is 11.1 Å². The molecule has 0 unspecified atom stereocenters. The van der Waals surface area contributed by atoms with Gasteiger partial charge >= 0.3 is 0 Å². The minimum Gasteiger partial charge on any atom is -0.392 e. The second kappa shape index (κ2) is 7.23. The number of hydrogen-bond donors (Lipinski definition) is 2. The van der Waals surface area contributed by atoms with Crippen LogP contribution >= 0.6 is 12.2 Å². The third-order valence-electron chi connectivity index (χ3n) is 3.52. The van der Waals surface area contributed by atoms with E-state index in [0.29, 0.717) is 19.4 Å². The Morgan fingerprint density at radius 2 is 2.16 bits per heavy atom. The standard InChI is InChI=1S/C13H22N4OS/c1-3-13(4-2,11(14)19)12(18)15-7-5-9-17-10-6-8-16-17/h6,8,10H,3-5,7,9H2,1-2H3,(H2,14,19)(H,15,18). The lowest BCUT2D eigenvalue weighted by Crippen LogP contribution is -2.48. The predicted molar refractivity (Wildman–Crippen MR) is 79.7 cm³/mol. The van der Waals surface area contributed by atoms with E-state index in [1.165, 1.54) is 0 Å². The maximum absolute atomic E-state index is 12.2. The van der Waals surface area contributed by atoms with Crippen LogP contribution in [-0.2, 0) is 11.3 Å². The van der Waals surface area contributed by atoms with Gasteiger partial charge in [0.1, 0.15) is 0 Å². The molecule has 1 aromatic rings. The topological polar surface area (TPSA) is 72.9 Å². The van der Waals surface area contributed by atoms with Crippen molar-refractivity contribution in [3.8, 4) is 0 Å². The summed E-state index contributed by atoms with van der Waals surface area (Å²) in [4.78, 5) is 12.5. The predicted octanol–water partition coefficient (Wildman–Crippen LogP) is 1.48. The second-order valence-corrected chi connectivity index (χ2v) is 4.97. The molecular formula is C13H22N4OS.